The monoisotopic (exact) mass is 264 g/mol. The molecule has 0 heterocycles. The van der Waals surface area contributed by atoms with Crippen LogP contribution in [0.1, 0.15) is 27.7 Å². The molecule has 0 saturated carbocycles. The van der Waals surface area contributed by atoms with Crippen molar-refractivity contribution in [2.24, 2.45) is 0 Å². The molecule has 0 spiro atoms. The first kappa shape index (κ1) is 15.6. The molecule has 0 radical (unpaired) electrons. The highest BCUT2D eigenvalue weighted by molar-refractivity contribution is 7.82. The minimum atomic E-state index is -0.775. The second-order valence-corrected chi connectivity index (χ2v) is 7.16. The van der Waals surface area contributed by atoms with Gasteiger partial charge in [0.15, 0.2) is 0 Å². The Morgan fingerprint density at radius 2 is 1.56 bits per heavy atom. The molecule has 0 aliphatic carbocycles. The number of nitrogens with one attached hydrogen (secondary N) is 2. The highest BCUT2D eigenvalue weighted by atomic mass is 32.1. The van der Waals surface area contributed by atoms with E-state index in [1.54, 1.807) is 13.8 Å². The SMILES string of the molecule is CC(C)(S)CNC(=O)CNC(=O)C(C)(C)S. The summed E-state index contributed by atoms with van der Waals surface area (Å²) in [7, 11) is 0. The van der Waals surface area contributed by atoms with Crippen molar-refractivity contribution in [2.45, 2.75) is 37.2 Å². The van der Waals surface area contributed by atoms with Crippen LogP contribution in [0.2, 0.25) is 0 Å². The van der Waals surface area contributed by atoms with Crippen molar-refractivity contribution in [1.82, 2.24) is 10.6 Å². The highest BCUT2D eigenvalue weighted by Crippen LogP contribution is 2.11. The standard InChI is InChI=1S/C10H20N2O2S2/c1-9(2,15)6-12-7(13)5-11-8(14)10(3,4)16/h15-16H,5-6H2,1-4H3,(H,11,14)(H,12,13). The fraction of sp³-hybridized carbons (Fsp3) is 0.800. The van der Waals surface area contributed by atoms with E-state index in [4.69, 9.17) is 0 Å². The lowest BCUT2D eigenvalue weighted by molar-refractivity contribution is -0.127. The number of hydrogen-bond acceptors (Lipinski definition) is 4. The average Bonchev–Trinajstić information content (AvgIpc) is 2.08. The lowest BCUT2D eigenvalue weighted by Gasteiger charge is -2.19. The molecule has 16 heavy (non-hydrogen) atoms. The normalized spacial score (nSPS) is 12.1. The first-order valence-corrected chi connectivity index (χ1v) is 5.91. The van der Waals surface area contributed by atoms with E-state index < -0.39 is 4.75 Å². The maximum Gasteiger partial charge on any atom is 0.239 e. The summed E-state index contributed by atoms with van der Waals surface area (Å²) in [5.41, 5.74) is 0. The minimum absolute atomic E-state index is 0.0350. The van der Waals surface area contributed by atoms with Crippen LogP contribution in [0.5, 0.6) is 0 Å². The van der Waals surface area contributed by atoms with Gasteiger partial charge in [-0.25, -0.2) is 0 Å². The van der Waals surface area contributed by atoms with Crippen molar-refractivity contribution >= 4 is 37.1 Å². The lowest BCUT2D eigenvalue weighted by Crippen LogP contribution is -2.45. The van der Waals surface area contributed by atoms with E-state index in [0.29, 0.717) is 6.54 Å². The van der Waals surface area contributed by atoms with Crippen LogP contribution in [0.3, 0.4) is 0 Å². The number of amides is 2. The van der Waals surface area contributed by atoms with Gasteiger partial charge in [-0.3, -0.25) is 9.59 Å². The predicted octanol–water partition coefficient (Wildman–Crippen LogP) is 0.636. The van der Waals surface area contributed by atoms with E-state index in [1.807, 2.05) is 13.8 Å². The molecule has 2 amide bonds. The van der Waals surface area contributed by atoms with Crippen LogP contribution >= 0.6 is 25.3 Å². The predicted molar refractivity (Wildman–Crippen MR) is 72.1 cm³/mol. The molecule has 2 N–H and O–H groups in total. The van der Waals surface area contributed by atoms with Gasteiger partial charge in [0.25, 0.3) is 0 Å². The van der Waals surface area contributed by atoms with E-state index in [2.05, 4.69) is 35.9 Å². The topological polar surface area (TPSA) is 58.2 Å². The molecule has 0 aliphatic rings. The van der Waals surface area contributed by atoms with Crippen molar-refractivity contribution in [3.8, 4) is 0 Å². The summed E-state index contributed by atoms with van der Waals surface area (Å²) < 4.78 is -1.04. The van der Waals surface area contributed by atoms with Gasteiger partial charge in [-0.15, -0.1) is 0 Å². The van der Waals surface area contributed by atoms with E-state index in [9.17, 15) is 9.59 Å². The molecular formula is C10H20N2O2S2. The van der Waals surface area contributed by atoms with Gasteiger partial charge in [0.1, 0.15) is 0 Å². The van der Waals surface area contributed by atoms with Crippen molar-refractivity contribution in [1.29, 1.82) is 0 Å². The van der Waals surface area contributed by atoms with Crippen LogP contribution in [0.25, 0.3) is 0 Å². The van der Waals surface area contributed by atoms with Gasteiger partial charge in [0.05, 0.1) is 11.3 Å². The molecule has 0 atom stereocenters. The molecule has 6 heteroatoms. The molecule has 0 bridgehead atoms. The Morgan fingerprint density at radius 3 is 1.94 bits per heavy atom. The van der Waals surface area contributed by atoms with Crippen LogP contribution < -0.4 is 10.6 Å². The zero-order valence-electron chi connectivity index (χ0n) is 10.1. The summed E-state index contributed by atoms with van der Waals surface area (Å²) in [5.74, 6) is -0.496. The first-order chi connectivity index (χ1) is 7.02. The Morgan fingerprint density at radius 1 is 1.06 bits per heavy atom. The van der Waals surface area contributed by atoms with Crippen LogP contribution in [-0.2, 0) is 9.59 Å². The average molecular weight is 264 g/mol. The molecule has 0 saturated heterocycles. The van der Waals surface area contributed by atoms with E-state index in [-0.39, 0.29) is 23.1 Å². The Labute approximate surface area is 108 Å². The van der Waals surface area contributed by atoms with Gasteiger partial charge in [-0.1, -0.05) is 0 Å². The number of carbonyl (C=O) groups excluding carboxylic acids is 2. The molecule has 0 aromatic heterocycles. The molecule has 0 aliphatic heterocycles. The van der Waals surface area contributed by atoms with Crippen molar-refractivity contribution < 1.29 is 9.59 Å². The number of hydrogen-bond donors (Lipinski definition) is 4. The van der Waals surface area contributed by atoms with Crippen molar-refractivity contribution in [3.63, 3.8) is 0 Å². The van der Waals surface area contributed by atoms with Crippen LogP contribution in [0, 0.1) is 0 Å². The first-order valence-electron chi connectivity index (χ1n) is 5.02. The fourth-order valence-corrected chi connectivity index (χ4v) is 0.912. The van der Waals surface area contributed by atoms with Crippen molar-refractivity contribution in [2.75, 3.05) is 13.1 Å². The summed E-state index contributed by atoms with van der Waals surface area (Å²) in [6.07, 6.45) is 0. The Bertz CT molecular complexity index is 267. The van der Waals surface area contributed by atoms with E-state index >= 15 is 0 Å². The molecule has 0 unspecified atom stereocenters. The Hall–Kier alpha value is -0.360. The molecule has 0 rings (SSSR count). The minimum Gasteiger partial charge on any atom is -0.353 e. The summed E-state index contributed by atoms with van der Waals surface area (Å²) in [4.78, 5) is 22.7. The van der Waals surface area contributed by atoms with Gasteiger partial charge >= 0.3 is 0 Å². The second-order valence-electron chi connectivity index (χ2n) is 4.83. The quantitative estimate of drug-likeness (QED) is 0.551. The second kappa shape index (κ2) is 5.82. The van der Waals surface area contributed by atoms with Gasteiger partial charge in [-0.05, 0) is 27.7 Å². The molecule has 0 aromatic carbocycles. The smallest absolute Gasteiger partial charge is 0.239 e. The number of thiol groups is 2. The Kier molecular flexibility index (Phi) is 5.69. The van der Waals surface area contributed by atoms with Gasteiger partial charge in [0.2, 0.25) is 11.8 Å². The molecular weight excluding hydrogens is 244 g/mol. The zero-order valence-corrected chi connectivity index (χ0v) is 11.9. The third-order valence-electron chi connectivity index (χ3n) is 1.68. The van der Waals surface area contributed by atoms with Gasteiger partial charge in [0, 0.05) is 11.3 Å². The maximum absolute atomic E-state index is 11.4. The Balaban J connectivity index is 3.88. The van der Waals surface area contributed by atoms with E-state index in [1.165, 1.54) is 0 Å². The third-order valence-corrected chi connectivity index (χ3v) is 2.04. The summed E-state index contributed by atoms with van der Waals surface area (Å²) in [6.45, 7) is 7.54. The number of rotatable bonds is 5. The summed E-state index contributed by atoms with van der Waals surface area (Å²) in [6, 6.07) is 0. The summed E-state index contributed by atoms with van der Waals surface area (Å²) in [5, 5.41) is 5.18. The van der Waals surface area contributed by atoms with E-state index in [0.717, 1.165) is 0 Å². The highest BCUT2D eigenvalue weighted by Gasteiger charge is 2.22. The van der Waals surface area contributed by atoms with Crippen LogP contribution in [0.15, 0.2) is 0 Å². The van der Waals surface area contributed by atoms with Crippen LogP contribution in [-0.4, -0.2) is 34.4 Å². The third kappa shape index (κ3) is 7.87. The molecule has 94 valence electrons. The zero-order chi connectivity index (χ0) is 13.0. The number of carbonyl (C=O) groups is 2. The van der Waals surface area contributed by atoms with Crippen LogP contribution in [0.4, 0.5) is 0 Å². The van der Waals surface area contributed by atoms with Crippen molar-refractivity contribution in [3.05, 3.63) is 0 Å². The largest absolute Gasteiger partial charge is 0.353 e. The maximum atomic E-state index is 11.4. The molecule has 0 fully saturated rings. The summed E-state index contributed by atoms with van der Waals surface area (Å²) >= 11 is 8.36. The molecule has 4 nitrogen and oxygen atoms in total. The lowest BCUT2D eigenvalue weighted by atomic mass is 10.2. The van der Waals surface area contributed by atoms with Gasteiger partial charge < -0.3 is 10.6 Å². The molecule has 0 aromatic rings. The van der Waals surface area contributed by atoms with Gasteiger partial charge in [-0.2, -0.15) is 25.3 Å². The fourth-order valence-electron chi connectivity index (χ4n) is 0.754.